The van der Waals surface area contributed by atoms with E-state index in [9.17, 15) is 4.79 Å². The Hall–Kier alpha value is -2.47. The summed E-state index contributed by atoms with van der Waals surface area (Å²) in [5, 5.41) is 4.23. The molecule has 5 nitrogen and oxygen atoms in total. The van der Waals surface area contributed by atoms with E-state index in [4.69, 9.17) is 4.74 Å². The Balaban J connectivity index is 2.13. The van der Waals surface area contributed by atoms with Crippen LogP contribution in [0.1, 0.15) is 26.4 Å². The fourth-order valence-electron chi connectivity index (χ4n) is 2.45. The third kappa shape index (κ3) is 2.77. The molecule has 2 aromatic heterocycles. The maximum absolute atomic E-state index is 11.9. The van der Waals surface area contributed by atoms with Crippen LogP contribution in [0.4, 0.5) is 11.5 Å². The van der Waals surface area contributed by atoms with Crippen LogP contribution in [0, 0.1) is 20.8 Å². The topological polar surface area (TPSA) is 64.1 Å². The van der Waals surface area contributed by atoms with Crippen molar-refractivity contribution in [2.45, 2.75) is 20.8 Å². The molecule has 0 bridgehead atoms. The zero-order valence-electron chi connectivity index (χ0n) is 13.4. The average Bonchev–Trinajstić information content (AvgIpc) is 2.88. The number of hydrogen-bond acceptors (Lipinski definition) is 6. The highest BCUT2D eigenvalue weighted by atomic mass is 32.1. The standard InChI is InChI=1S/C17H17N3O2S/c1-9-5-6-10(2)12(7-9)20-15-13-11(3)14(17(21)22-4)23-16(13)19-8-18-15/h5-8H,1-4H3,(H,18,19,20). The molecule has 118 valence electrons. The predicted octanol–water partition coefficient (Wildman–Crippen LogP) is 4.15. The molecule has 0 saturated heterocycles. The van der Waals surface area contributed by atoms with Gasteiger partial charge in [-0.2, -0.15) is 0 Å². The van der Waals surface area contributed by atoms with Crippen LogP contribution in [0.3, 0.4) is 0 Å². The summed E-state index contributed by atoms with van der Waals surface area (Å²) >= 11 is 1.32. The lowest BCUT2D eigenvalue weighted by molar-refractivity contribution is 0.0605. The highest BCUT2D eigenvalue weighted by molar-refractivity contribution is 7.20. The summed E-state index contributed by atoms with van der Waals surface area (Å²) in [5.74, 6) is 0.357. The van der Waals surface area contributed by atoms with Gasteiger partial charge < -0.3 is 10.1 Å². The molecule has 0 atom stereocenters. The first-order valence-electron chi connectivity index (χ1n) is 7.18. The van der Waals surface area contributed by atoms with Gasteiger partial charge in [-0.05, 0) is 43.5 Å². The van der Waals surface area contributed by atoms with Crippen molar-refractivity contribution in [2.75, 3.05) is 12.4 Å². The lowest BCUT2D eigenvalue weighted by Crippen LogP contribution is -2.01. The van der Waals surface area contributed by atoms with Crippen molar-refractivity contribution in [1.82, 2.24) is 9.97 Å². The van der Waals surface area contributed by atoms with E-state index >= 15 is 0 Å². The number of nitrogens with one attached hydrogen (secondary N) is 1. The number of fused-ring (bicyclic) bond motifs is 1. The Morgan fingerprint density at radius 3 is 2.74 bits per heavy atom. The number of ether oxygens (including phenoxy) is 1. The number of hydrogen-bond donors (Lipinski definition) is 1. The van der Waals surface area contributed by atoms with E-state index in [1.54, 1.807) is 0 Å². The monoisotopic (exact) mass is 327 g/mol. The minimum Gasteiger partial charge on any atom is -0.465 e. The molecule has 0 amide bonds. The van der Waals surface area contributed by atoms with Crippen molar-refractivity contribution in [2.24, 2.45) is 0 Å². The van der Waals surface area contributed by atoms with E-state index in [0.717, 1.165) is 27.0 Å². The van der Waals surface area contributed by atoms with E-state index in [2.05, 4.69) is 33.5 Å². The van der Waals surface area contributed by atoms with E-state index in [-0.39, 0.29) is 5.97 Å². The second-order valence-corrected chi connectivity index (χ2v) is 6.39. The minimum atomic E-state index is -0.344. The Labute approximate surface area is 138 Å². The lowest BCUT2D eigenvalue weighted by atomic mass is 10.1. The highest BCUT2D eigenvalue weighted by Crippen LogP contribution is 2.35. The predicted molar refractivity (Wildman–Crippen MR) is 92.7 cm³/mol. The molecule has 3 aromatic rings. The van der Waals surface area contributed by atoms with Gasteiger partial charge in [0.25, 0.3) is 0 Å². The first kappa shape index (κ1) is 15.4. The van der Waals surface area contributed by atoms with E-state index < -0.39 is 0 Å². The summed E-state index contributed by atoms with van der Waals surface area (Å²) in [6, 6.07) is 6.21. The van der Waals surface area contributed by atoms with Gasteiger partial charge in [0.1, 0.15) is 21.9 Å². The Kier molecular flexibility index (Phi) is 4.00. The van der Waals surface area contributed by atoms with Crippen molar-refractivity contribution in [3.8, 4) is 0 Å². The number of methoxy groups -OCH3 is 1. The van der Waals surface area contributed by atoms with Gasteiger partial charge in [0.2, 0.25) is 0 Å². The molecular weight excluding hydrogens is 310 g/mol. The second-order valence-electron chi connectivity index (χ2n) is 5.39. The largest absolute Gasteiger partial charge is 0.465 e. The Morgan fingerprint density at radius 1 is 1.22 bits per heavy atom. The van der Waals surface area contributed by atoms with E-state index in [1.165, 1.54) is 30.3 Å². The van der Waals surface area contributed by atoms with Gasteiger partial charge in [-0.3, -0.25) is 0 Å². The number of aromatic nitrogens is 2. The lowest BCUT2D eigenvalue weighted by Gasteiger charge is -2.11. The number of esters is 1. The molecule has 6 heteroatoms. The van der Waals surface area contributed by atoms with Gasteiger partial charge in [-0.15, -0.1) is 11.3 Å². The molecule has 0 spiro atoms. The number of carbonyl (C=O) groups excluding carboxylic acids is 1. The molecule has 0 fully saturated rings. The minimum absolute atomic E-state index is 0.344. The summed E-state index contributed by atoms with van der Waals surface area (Å²) in [5.41, 5.74) is 4.13. The fraction of sp³-hybridized carbons (Fsp3) is 0.235. The molecule has 1 aromatic carbocycles. The second kappa shape index (κ2) is 5.96. The summed E-state index contributed by atoms with van der Waals surface area (Å²) in [4.78, 5) is 21.9. The Bertz CT molecular complexity index is 902. The van der Waals surface area contributed by atoms with Crippen LogP contribution in [0.15, 0.2) is 24.5 Å². The molecule has 0 aliphatic heterocycles. The first-order valence-corrected chi connectivity index (χ1v) is 7.99. The van der Waals surface area contributed by atoms with Crippen LogP contribution in [-0.4, -0.2) is 23.0 Å². The normalized spacial score (nSPS) is 10.8. The van der Waals surface area contributed by atoms with Crippen LogP contribution >= 0.6 is 11.3 Å². The zero-order chi connectivity index (χ0) is 16.6. The summed E-state index contributed by atoms with van der Waals surface area (Å²) in [7, 11) is 1.38. The Morgan fingerprint density at radius 2 is 2.00 bits per heavy atom. The van der Waals surface area contributed by atoms with Crippen LogP contribution in [0.2, 0.25) is 0 Å². The van der Waals surface area contributed by atoms with Crippen LogP contribution in [-0.2, 0) is 4.74 Å². The third-order valence-electron chi connectivity index (χ3n) is 3.74. The van der Waals surface area contributed by atoms with Crippen molar-refractivity contribution >= 4 is 39.0 Å². The molecule has 1 N–H and O–H groups in total. The number of aryl methyl sites for hydroxylation is 3. The first-order chi connectivity index (χ1) is 11.0. The number of anilines is 2. The molecule has 0 unspecified atom stereocenters. The quantitative estimate of drug-likeness (QED) is 0.732. The van der Waals surface area contributed by atoms with Crippen LogP contribution in [0.5, 0.6) is 0 Å². The third-order valence-corrected chi connectivity index (χ3v) is 4.92. The van der Waals surface area contributed by atoms with Crippen LogP contribution < -0.4 is 5.32 Å². The maximum atomic E-state index is 11.9. The molecule has 0 aliphatic rings. The van der Waals surface area contributed by atoms with Crippen molar-refractivity contribution in [1.29, 1.82) is 0 Å². The SMILES string of the molecule is COC(=O)c1sc2ncnc(Nc3cc(C)ccc3C)c2c1C. The van der Waals surface area contributed by atoms with Gasteiger partial charge in [0.05, 0.1) is 12.5 Å². The van der Waals surface area contributed by atoms with Gasteiger partial charge in [0.15, 0.2) is 0 Å². The molecule has 0 aliphatic carbocycles. The number of benzene rings is 1. The number of thiophene rings is 1. The van der Waals surface area contributed by atoms with Gasteiger partial charge in [0, 0.05) is 5.69 Å². The molecule has 0 radical (unpaired) electrons. The summed E-state index contributed by atoms with van der Waals surface area (Å²) < 4.78 is 4.84. The fourth-order valence-corrected chi connectivity index (χ4v) is 3.52. The molecule has 0 saturated carbocycles. The number of rotatable bonds is 3. The number of nitrogens with zero attached hydrogens (tertiary/aromatic N) is 2. The summed E-state index contributed by atoms with van der Waals surface area (Å²) in [6.45, 7) is 5.98. The van der Waals surface area contributed by atoms with Crippen molar-refractivity contribution in [3.63, 3.8) is 0 Å². The molecule has 3 rings (SSSR count). The zero-order valence-corrected chi connectivity index (χ0v) is 14.2. The highest BCUT2D eigenvalue weighted by Gasteiger charge is 2.19. The average molecular weight is 327 g/mol. The molecular formula is C17H17N3O2S. The smallest absolute Gasteiger partial charge is 0.348 e. The molecule has 23 heavy (non-hydrogen) atoms. The van der Waals surface area contributed by atoms with Crippen molar-refractivity contribution < 1.29 is 9.53 Å². The number of carbonyl (C=O) groups is 1. The maximum Gasteiger partial charge on any atom is 0.348 e. The van der Waals surface area contributed by atoms with Gasteiger partial charge in [-0.25, -0.2) is 14.8 Å². The van der Waals surface area contributed by atoms with E-state index in [0.29, 0.717) is 10.7 Å². The van der Waals surface area contributed by atoms with E-state index in [1.807, 2.05) is 20.8 Å². The van der Waals surface area contributed by atoms with Gasteiger partial charge >= 0.3 is 5.97 Å². The molecule has 2 heterocycles. The van der Waals surface area contributed by atoms with Crippen LogP contribution in [0.25, 0.3) is 10.2 Å². The summed E-state index contributed by atoms with van der Waals surface area (Å²) in [6.07, 6.45) is 1.51. The van der Waals surface area contributed by atoms with Gasteiger partial charge in [-0.1, -0.05) is 12.1 Å². The van der Waals surface area contributed by atoms with Crippen molar-refractivity contribution in [3.05, 3.63) is 46.1 Å².